The second-order valence-corrected chi connectivity index (χ2v) is 5.24. The molecule has 1 amide bonds. The summed E-state index contributed by atoms with van der Waals surface area (Å²) in [6.45, 7) is 0.276. The van der Waals surface area contributed by atoms with Crippen LogP contribution in [0.15, 0.2) is 42.5 Å². The summed E-state index contributed by atoms with van der Waals surface area (Å²) in [5.74, 6) is -1.15. The van der Waals surface area contributed by atoms with E-state index in [0.29, 0.717) is 4.99 Å². The molecule has 0 unspecified atom stereocenters. The first-order chi connectivity index (χ1) is 9.97. The molecule has 6 heteroatoms. The zero-order chi connectivity index (χ0) is 15.4. The predicted molar refractivity (Wildman–Crippen MR) is 84.9 cm³/mol. The van der Waals surface area contributed by atoms with Crippen LogP contribution in [0.4, 0.5) is 4.39 Å². The van der Waals surface area contributed by atoms with Crippen LogP contribution in [0.5, 0.6) is 0 Å². The zero-order valence-corrected chi connectivity index (χ0v) is 12.5. The molecule has 0 spiro atoms. The van der Waals surface area contributed by atoms with Gasteiger partial charge in [-0.3, -0.25) is 4.79 Å². The van der Waals surface area contributed by atoms with Crippen molar-refractivity contribution in [2.24, 2.45) is 5.73 Å². The quantitative estimate of drug-likeness (QED) is 0.851. The molecule has 2 aromatic rings. The molecule has 0 fully saturated rings. The number of rotatable bonds is 4. The Kier molecular flexibility index (Phi) is 4.88. The predicted octanol–water partition coefficient (Wildman–Crippen LogP) is 3.04. The van der Waals surface area contributed by atoms with Crippen LogP contribution in [-0.4, -0.2) is 10.9 Å². The third-order valence-electron chi connectivity index (χ3n) is 2.87. The van der Waals surface area contributed by atoms with E-state index in [1.165, 1.54) is 12.1 Å². The van der Waals surface area contributed by atoms with Crippen molar-refractivity contribution < 1.29 is 9.18 Å². The second-order valence-electron chi connectivity index (χ2n) is 4.37. The molecular weight excluding hydrogens is 311 g/mol. The van der Waals surface area contributed by atoms with E-state index in [9.17, 15) is 9.18 Å². The molecular formula is C15H12ClFN2OS. The van der Waals surface area contributed by atoms with Crippen molar-refractivity contribution in [1.29, 1.82) is 0 Å². The number of benzene rings is 2. The third kappa shape index (κ3) is 4.00. The van der Waals surface area contributed by atoms with E-state index < -0.39 is 11.7 Å². The van der Waals surface area contributed by atoms with E-state index in [2.05, 4.69) is 5.32 Å². The van der Waals surface area contributed by atoms with Gasteiger partial charge in [0.1, 0.15) is 10.8 Å². The molecule has 0 bridgehead atoms. The van der Waals surface area contributed by atoms with Gasteiger partial charge in [-0.2, -0.15) is 0 Å². The van der Waals surface area contributed by atoms with Crippen molar-refractivity contribution in [1.82, 2.24) is 5.32 Å². The van der Waals surface area contributed by atoms with Gasteiger partial charge in [0, 0.05) is 17.1 Å². The Hall–Kier alpha value is -1.98. The van der Waals surface area contributed by atoms with Crippen LogP contribution in [-0.2, 0) is 6.54 Å². The van der Waals surface area contributed by atoms with Gasteiger partial charge < -0.3 is 11.1 Å². The number of nitrogens with two attached hydrogens (primary N) is 1. The highest BCUT2D eigenvalue weighted by Gasteiger charge is 2.11. The highest BCUT2D eigenvalue weighted by Crippen LogP contribution is 2.14. The summed E-state index contributed by atoms with van der Waals surface area (Å²) < 4.78 is 13.6. The number of carbonyl (C=O) groups excluding carboxylic acids is 1. The molecule has 0 aliphatic carbocycles. The van der Waals surface area contributed by atoms with E-state index in [1.54, 1.807) is 24.3 Å². The Bertz CT molecular complexity index is 689. The molecule has 0 aromatic heterocycles. The molecule has 0 radical (unpaired) electrons. The summed E-state index contributed by atoms with van der Waals surface area (Å²) in [4.78, 5) is 12.2. The van der Waals surface area contributed by atoms with Crippen molar-refractivity contribution >= 4 is 34.7 Å². The number of halogens is 2. The molecule has 21 heavy (non-hydrogen) atoms. The van der Waals surface area contributed by atoms with Gasteiger partial charge in [0.25, 0.3) is 5.91 Å². The maximum atomic E-state index is 13.6. The molecule has 0 aliphatic heterocycles. The minimum absolute atomic E-state index is 0.0424. The summed E-state index contributed by atoms with van der Waals surface area (Å²) in [7, 11) is 0. The molecule has 3 nitrogen and oxygen atoms in total. The number of amides is 1. The standard InChI is InChI=1S/C15H12ClFN2OS/c16-11-5-6-12(13(17)7-11)15(20)19-8-9-1-3-10(4-2-9)14(18)21/h1-7H,8H2,(H2,18,21)(H,19,20). The molecule has 0 saturated carbocycles. The Morgan fingerprint density at radius 2 is 1.90 bits per heavy atom. The van der Waals surface area contributed by atoms with Gasteiger partial charge in [-0.15, -0.1) is 0 Å². The number of nitrogens with one attached hydrogen (secondary N) is 1. The molecule has 0 aliphatic rings. The molecule has 2 rings (SSSR count). The topological polar surface area (TPSA) is 55.1 Å². The van der Waals surface area contributed by atoms with Gasteiger partial charge >= 0.3 is 0 Å². The van der Waals surface area contributed by atoms with Crippen LogP contribution in [0.1, 0.15) is 21.5 Å². The van der Waals surface area contributed by atoms with Crippen LogP contribution in [0.25, 0.3) is 0 Å². The fourth-order valence-electron chi connectivity index (χ4n) is 1.74. The van der Waals surface area contributed by atoms with Crippen LogP contribution in [0.3, 0.4) is 0 Å². The summed E-state index contributed by atoms with van der Waals surface area (Å²) in [6, 6.07) is 11.1. The monoisotopic (exact) mass is 322 g/mol. The molecule has 2 aromatic carbocycles. The van der Waals surface area contributed by atoms with Crippen molar-refractivity contribution in [2.75, 3.05) is 0 Å². The second kappa shape index (κ2) is 6.65. The normalized spacial score (nSPS) is 10.2. The average Bonchev–Trinajstić information content (AvgIpc) is 2.45. The third-order valence-corrected chi connectivity index (χ3v) is 3.34. The maximum absolute atomic E-state index is 13.6. The number of carbonyl (C=O) groups is 1. The smallest absolute Gasteiger partial charge is 0.254 e. The van der Waals surface area contributed by atoms with Crippen LogP contribution >= 0.6 is 23.8 Å². The number of thiocarbonyl (C=S) groups is 1. The summed E-state index contributed by atoms with van der Waals surface area (Å²) >= 11 is 10.5. The lowest BCUT2D eigenvalue weighted by Gasteiger charge is -2.07. The first-order valence-electron chi connectivity index (χ1n) is 6.09. The number of hydrogen-bond donors (Lipinski definition) is 2. The van der Waals surface area contributed by atoms with Gasteiger partial charge in [-0.25, -0.2) is 4.39 Å². The van der Waals surface area contributed by atoms with Gasteiger partial charge in [-0.05, 0) is 23.8 Å². The van der Waals surface area contributed by atoms with Crippen LogP contribution < -0.4 is 11.1 Å². The zero-order valence-electron chi connectivity index (χ0n) is 10.9. The minimum Gasteiger partial charge on any atom is -0.389 e. The van der Waals surface area contributed by atoms with E-state index in [4.69, 9.17) is 29.6 Å². The van der Waals surface area contributed by atoms with Gasteiger partial charge in [0.15, 0.2) is 0 Å². The Morgan fingerprint density at radius 3 is 2.48 bits per heavy atom. The highest BCUT2D eigenvalue weighted by atomic mass is 35.5. The summed E-state index contributed by atoms with van der Waals surface area (Å²) in [5, 5.41) is 2.89. The summed E-state index contributed by atoms with van der Waals surface area (Å²) in [6.07, 6.45) is 0. The lowest BCUT2D eigenvalue weighted by Crippen LogP contribution is -2.23. The van der Waals surface area contributed by atoms with E-state index >= 15 is 0 Å². The SMILES string of the molecule is NC(=S)c1ccc(CNC(=O)c2ccc(Cl)cc2F)cc1. The van der Waals surface area contributed by atoms with Crippen molar-refractivity contribution in [3.05, 3.63) is 70.0 Å². The Morgan fingerprint density at radius 1 is 1.24 bits per heavy atom. The molecule has 108 valence electrons. The van der Waals surface area contributed by atoms with Gasteiger partial charge in [0.2, 0.25) is 0 Å². The molecule has 0 heterocycles. The van der Waals surface area contributed by atoms with Crippen molar-refractivity contribution in [3.8, 4) is 0 Å². The molecule has 0 atom stereocenters. The maximum Gasteiger partial charge on any atom is 0.254 e. The van der Waals surface area contributed by atoms with Gasteiger partial charge in [0.05, 0.1) is 5.56 Å². The average molecular weight is 323 g/mol. The fourth-order valence-corrected chi connectivity index (χ4v) is 2.03. The molecule has 3 N–H and O–H groups in total. The first kappa shape index (κ1) is 15.4. The number of hydrogen-bond acceptors (Lipinski definition) is 2. The first-order valence-corrected chi connectivity index (χ1v) is 6.88. The largest absolute Gasteiger partial charge is 0.389 e. The van der Waals surface area contributed by atoms with Crippen molar-refractivity contribution in [2.45, 2.75) is 6.54 Å². The van der Waals surface area contributed by atoms with E-state index in [-0.39, 0.29) is 17.1 Å². The minimum atomic E-state index is -0.649. The van der Waals surface area contributed by atoms with Crippen LogP contribution in [0.2, 0.25) is 5.02 Å². The lowest BCUT2D eigenvalue weighted by molar-refractivity contribution is 0.0947. The lowest BCUT2D eigenvalue weighted by atomic mass is 10.1. The van der Waals surface area contributed by atoms with Gasteiger partial charge in [-0.1, -0.05) is 48.1 Å². The van der Waals surface area contributed by atoms with E-state index in [0.717, 1.165) is 17.2 Å². The highest BCUT2D eigenvalue weighted by molar-refractivity contribution is 7.80. The molecule has 0 saturated heterocycles. The summed E-state index contributed by atoms with van der Waals surface area (Å²) in [5.41, 5.74) is 7.07. The fraction of sp³-hybridized carbons (Fsp3) is 0.0667. The van der Waals surface area contributed by atoms with E-state index in [1.807, 2.05) is 0 Å². The Balaban J connectivity index is 2.02. The van der Waals surface area contributed by atoms with Crippen molar-refractivity contribution in [3.63, 3.8) is 0 Å². The van der Waals surface area contributed by atoms with Crippen LogP contribution in [0, 0.1) is 5.82 Å². The Labute approximate surface area is 131 Å².